The van der Waals surface area contributed by atoms with Crippen LogP contribution in [-0.2, 0) is 18.4 Å². The predicted molar refractivity (Wildman–Crippen MR) is 361 cm³/mol. The Morgan fingerprint density at radius 2 is 0.747 bits per heavy atom. The summed E-state index contributed by atoms with van der Waals surface area (Å²) in [6.45, 7) is 4.51. The van der Waals surface area contributed by atoms with Crippen LogP contribution in [0.2, 0.25) is 0 Å². The first-order chi connectivity index (χ1) is 40.5. The number of hydrogen-bond donors (Lipinski definition) is 2. The second kappa shape index (κ2) is 62.9. The van der Waals surface area contributed by atoms with Gasteiger partial charge in [0.1, 0.15) is 13.2 Å². The third kappa shape index (κ3) is 65.8. The highest BCUT2D eigenvalue weighted by Crippen LogP contribution is 2.38. The number of amides is 1. The number of carbonyl (C=O) groups excluding carboxylic acids is 1. The van der Waals surface area contributed by atoms with Crippen molar-refractivity contribution in [2.75, 3.05) is 40.9 Å². The maximum absolute atomic E-state index is 13.0. The van der Waals surface area contributed by atoms with Crippen LogP contribution in [-0.4, -0.2) is 68.5 Å². The van der Waals surface area contributed by atoms with E-state index in [2.05, 4.69) is 153 Å². The molecule has 0 heterocycles. The molecule has 1 amide bonds. The van der Waals surface area contributed by atoms with Gasteiger partial charge in [-0.15, -0.1) is 0 Å². The number of quaternary nitrogens is 1. The summed E-state index contributed by atoms with van der Waals surface area (Å²) in [6, 6.07) is -0.920. The minimum Gasteiger partial charge on any atom is -0.756 e. The average molecular weight is 1170 g/mol. The van der Waals surface area contributed by atoms with Crippen LogP contribution in [0.4, 0.5) is 0 Å². The maximum atomic E-state index is 13.0. The number of phosphoric ester groups is 1. The average Bonchev–Trinajstić information content (AvgIpc) is 3.50. The van der Waals surface area contributed by atoms with Crippen molar-refractivity contribution in [2.45, 2.75) is 276 Å². The molecule has 0 aromatic heterocycles. The molecule has 0 aliphatic rings. The number of aliphatic hydroxyl groups excluding tert-OH is 1. The van der Waals surface area contributed by atoms with E-state index in [1.165, 1.54) is 128 Å². The number of hydrogen-bond acceptors (Lipinski definition) is 6. The minimum absolute atomic E-state index is 0.0150. The van der Waals surface area contributed by atoms with E-state index in [0.29, 0.717) is 17.4 Å². The molecule has 0 fully saturated rings. The quantitative estimate of drug-likeness (QED) is 0.0272. The van der Waals surface area contributed by atoms with Crippen molar-refractivity contribution in [3.8, 4) is 0 Å². The van der Waals surface area contributed by atoms with E-state index in [0.717, 1.165) is 116 Å². The zero-order valence-corrected chi connectivity index (χ0v) is 55.0. The lowest BCUT2D eigenvalue weighted by atomic mass is 10.0. The number of allylic oxidation sites excluding steroid dienone is 23. The molecule has 2 N–H and O–H groups in total. The number of nitrogens with one attached hydrogen (secondary N) is 1. The molecule has 3 unspecified atom stereocenters. The first kappa shape index (κ1) is 79.4. The molecule has 0 aromatic rings. The standard InChI is InChI=1S/C74H127N2O6P/c1-6-8-10-12-14-16-18-20-22-24-26-28-30-31-32-33-34-35-36-37-38-39-40-41-42-43-44-45-46-48-50-52-54-56-58-60-62-64-66-68-74(78)75-72(71-82-83(79,80)81-70-69-76(3,4)5)73(77)67-65-63-61-59-57-55-53-51-49-47-29-27-25-23-21-19-17-15-13-11-9-7-2/h8,10,14,16,20,22,26,28,31-32,34-35,37-38,40-41,43-44,46,48,57,59,65,67,72-73,77H,6-7,9,11-13,15,17-19,21,23-25,27,29-30,33,36,39,42,45,47,49-56,58,60-64,66,68-71H2,1-5H3,(H-,75,78,79,80)/b10-8-,16-14-,22-20-,28-26-,32-31-,35-34-,38-37-,41-40-,44-43-,48-46-,59-57+,67-65+. The van der Waals surface area contributed by atoms with Gasteiger partial charge in [-0.05, 0) is 109 Å². The second-order valence-corrected chi connectivity index (χ2v) is 24.8. The molecule has 0 aromatic carbocycles. The van der Waals surface area contributed by atoms with E-state index in [4.69, 9.17) is 9.05 Å². The highest BCUT2D eigenvalue weighted by Gasteiger charge is 2.23. The smallest absolute Gasteiger partial charge is 0.268 e. The van der Waals surface area contributed by atoms with E-state index >= 15 is 0 Å². The Morgan fingerprint density at radius 3 is 1.12 bits per heavy atom. The highest BCUT2D eigenvalue weighted by atomic mass is 31.2. The number of carbonyl (C=O) groups is 1. The topological polar surface area (TPSA) is 108 Å². The molecule has 0 saturated heterocycles. The molecule has 0 rings (SSSR count). The molecule has 3 atom stereocenters. The molecule has 0 spiro atoms. The summed E-state index contributed by atoms with van der Waals surface area (Å²) >= 11 is 0. The molecule has 0 radical (unpaired) electrons. The summed E-state index contributed by atoms with van der Waals surface area (Å²) in [5.74, 6) is -0.220. The Kier molecular flexibility index (Phi) is 60.2. The molecular formula is C74H127N2O6P. The molecule has 0 saturated carbocycles. The van der Waals surface area contributed by atoms with Gasteiger partial charge in [-0.1, -0.05) is 295 Å². The van der Waals surface area contributed by atoms with Crippen LogP contribution in [0, 0.1) is 0 Å². The van der Waals surface area contributed by atoms with E-state index in [-0.39, 0.29) is 12.5 Å². The predicted octanol–water partition coefficient (Wildman–Crippen LogP) is 21.0. The van der Waals surface area contributed by atoms with Gasteiger partial charge in [-0.2, -0.15) is 0 Å². The van der Waals surface area contributed by atoms with Crippen molar-refractivity contribution in [2.24, 2.45) is 0 Å². The molecule has 474 valence electrons. The van der Waals surface area contributed by atoms with Gasteiger partial charge in [0.25, 0.3) is 7.82 Å². The molecule has 8 nitrogen and oxygen atoms in total. The lowest BCUT2D eigenvalue weighted by molar-refractivity contribution is -0.870. The first-order valence-electron chi connectivity index (χ1n) is 33.7. The number of aliphatic hydroxyl groups is 1. The SMILES string of the molecule is CC/C=C\C/C=C\C/C=C\C/C=C\C/C=C\C/C=C\C/C=C\C/C=C\C/C=C\C/C=C\CCCCCCCCCCC(=O)NC(COP(=O)([O-])OCC[N+](C)(C)C)C(O)/C=C/CC/C=C/CCCCCCCCCCCCCCCCCC. The van der Waals surface area contributed by atoms with E-state index in [1.54, 1.807) is 6.08 Å². The normalized spacial score (nSPS) is 14.6. The first-order valence-corrected chi connectivity index (χ1v) is 35.2. The monoisotopic (exact) mass is 1170 g/mol. The Bertz CT molecular complexity index is 1860. The summed E-state index contributed by atoms with van der Waals surface area (Å²) in [6.07, 6.45) is 96.7. The van der Waals surface area contributed by atoms with Gasteiger partial charge >= 0.3 is 0 Å². The zero-order valence-electron chi connectivity index (χ0n) is 54.1. The minimum atomic E-state index is -4.62. The van der Waals surface area contributed by atoms with E-state index in [9.17, 15) is 19.4 Å². The van der Waals surface area contributed by atoms with Crippen LogP contribution >= 0.6 is 7.82 Å². The van der Waals surface area contributed by atoms with Gasteiger partial charge < -0.3 is 28.8 Å². The van der Waals surface area contributed by atoms with Gasteiger partial charge in [0.05, 0.1) is 39.9 Å². The molecule has 0 aliphatic carbocycles. The van der Waals surface area contributed by atoms with Crippen LogP contribution in [0.1, 0.15) is 264 Å². The third-order valence-corrected chi connectivity index (χ3v) is 15.2. The fourth-order valence-electron chi connectivity index (χ4n) is 9.08. The lowest BCUT2D eigenvalue weighted by Gasteiger charge is -2.29. The van der Waals surface area contributed by atoms with Gasteiger partial charge in [0, 0.05) is 6.42 Å². The maximum Gasteiger partial charge on any atom is 0.268 e. The molecule has 83 heavy (non-hydrogen) atoms. The Balaban J connectivity index is 4.20. The Hall–Kier alpha value is -3.62. The van der Waals surface area contributed by atoms with Crippen LogP contribution in [0.5, 0.6) is 0 Å². The van der Waals surface area contributed by atoms with Crippen molar-refractivity contribution in [3.05, 3.63) is 146 Å². The second-order valence-electron chi connectivity index (χ2n) is 23.4. The fourth-order valence-corrected chi connectivity index (χ4v) is 9.80. The third-order valence-electron chi connectivity index (χ3n) is 14.3. The van der Waals surface area contributed by atoms with Crippen molar-refractivity contribution in [3.63, 3.8) is 0 Å². The largest absolute Gasteiger partial charge is 0.756 e. The van der Waals surface area contributed by atoms with Crippen molar-refractivity contribution in [1.29, 1.82) is 0 Å². The van der Waals surface area contributed by atoms with Crippen LogP contribution in [0.15, 0.2) is 146 Å². The number of rotatable bonds is 60. The van der Waals surface area contributed by atoms with Crippen LogP contribution in [0.3, 0.4) is 0 Å². The van der Waals surface area contributed by atoms with Gasteiger partial charge in [0.15, 0.2) is 0 Å². The molecule has 0 bridgehead atoms. The number of unbranched alkanes of at least 4 members (excludes halogenated alkanes) is 25. The summed E-state index contributed by atoms with van der Waals surface area (Å²) in [7, 11) is 1.22. The summed E-state index contributed by atoms with van der Waals surface area (Å²) in [4.78, 5) is 25.6. The van der Waals surface area contributed by atoms with Gasteiger partial charge in [-0.3, -0.25) is 9.36 Å². The Labute approximate surface area is 512 Å². The number of phosphoric acid groups is 1. The van der Waals surface area contributed by atoms with Gasteiger partial charge in [0.2, 0.25) is 5.91 Å². The highest BCUT2D eigenvalue weighted by molar-refractivity contribution is 7.45. The summed E-state index contributed by atoms with van der Waals surface area (Å²) < 4.78 is 23.4. The van der Waals surface area contributed by atoms with Gasteiger partial charge in [-0.25, -0.2) is 0 Å². The Morgan fingerprint density at radius 1 is 0.434 bits per heavy atom. The molecule has 0 aliphatic heterocycles. The number of nitrogens with zero attached hydrogens (tertiary/aromatic N) is 1. The van der Waals surface area contributed by atoms with Crippen LogP contribution < -0.4 is 10.2 Å². The van der Waals surface area contributed by atoms with Crippen molar-refractivity contribution in [1.82, 2.24) is 5.32 Å². The summed E-state index contributed by atoms with van der Waals surface area (Å²) in [5, 5.41) is 13.9. The number of likely N-dealkylation sites (N-methyl/N-ethyl adjacent to an activating group) is 1. The van der Waals surface area contributed by atoms with Crippen LogP contribution in [0.25, 0.3) is 0 Å². The fraction of sp³-hybridized carbons (Fsp3) is 0.662. The molecule has 9 heteroatoms. The van der Waals surface area contributed by atoms with E-state index < -0.39 is 26.6 Å². The van der Waals surface area contributed by atoms with E-state index in [1.807, 2.05) is 27.2 Å². The summed E-state index contributed by atoms with van der Waals surface area (Å²) in [5.41, 5.74) is 0. The van der Waals surface area contributed by atoms with Crippen molar-refractivity contribution >= 4 is 13.7 Å². The zero-order chi connectivity index (χ0) is 60.5. The van der Waals surface area contributed by atoms with Crippen molar-refractivity contribution < 1.29 is 32.9 Å². The lowest BCUT2D eigenvalue weighted by Crippen LogP contribution is -2.45. The molecular weight excluding hydrogens is 1040 g/mol.